The van der Waals surface area contributed by atoms with Crippen LogP contribution in [-0.2, 0) is 11.2 Å². The Morgan fingerprint density at radius 3 is 2.64 bits per heavy atom. The van der Waals surface area contributed by atoms with Crippen LogP contribution < -0.4 is 15.0 Å². The van der Waals surface area contributed by atoms with Crippen molar-refractivity contribution in [3.8, 4) is 5.75 Å². The van der Waals surface area contributed by atoms with Crippen molar-refractivity contribution < 1.29 is 9.53 Å². The number of benzene rings is 2. The highest BCUT2D eigenvalue weighted by Crippen LogP contribution is 2.23. The summed E-state index contributed by atoms with van der Waals surface area (Å²) >= 11 is 0. The molecule has 1 aliphatic heterocycles. The largest absolute Gasteiger partial charge is 0.494 e. The molecule has 0 saturated carbocycles. The summed E-state index contributed by atoms with van der Waals surface area (Å²) in [7, 11) is 0. The van der Waals surface area contributed by atoms with Gasteiger partial charge in [-0.05, 0) is 49.1 Å². The van der Waals surface area contributed by atoms with E-state index in [0.717, 1.165) is 37.4 Å². The zero-order valence-electron chi connectivity index (χ0n) is 14.8. The third kappa shape index (κ3) is 4.99. The summed E-state index contributed by atoms with van der Waals surface area (Å²) in [5.41, 5.74) is 2.28. The molecule has 0 radical (unpaired) electrons. The van der Waals surface area contributed by atoms with Crippen molar-refractivity contribution in [3.63, 3.8) is 0 Å². The van der Waals surface area contributed by atoms with E-state index in [2.05, 4.69) is 34.5 Å². The lowest BCUT2D eigenvalue weighted by Gasteiger charge is -2.18. The zero-order chi connectivity index (χ0) is 17.5. The summed E-state index contributed by atoms with van der Waals surface area (Å²) in [5, 5.41) is 3.09. The van der Waals surface area contributed by atoms with E-state index in [9.17, 15) is 4.79 Å². The lowest BCUT2D eigenvalue weighted by Crippen LogP contribution is -2.32. The van der Waals surface area contributed by atoms with E-state index >= 15 is 0 Å². The standard InChI is InChI=1S/C21H26N2O2/c1-2-25-20-10-8-17(9-11-20)14-21(24)22-15-18-12-13-23(16-18)19-6-4-3-5-7-19/h3-11,18H,2,12-16H2,1H3,(H,22,24). The minimum Gasteiger partial charge on any atom is -0.494 e. The Bertz CT molecular complexity index is 670. The van der Waals surface area contributed by atoms with Crippen LogP contribution in [0.25, 0.3) is 0 Å². The van der Waals surface area contributed by atoms with E-state index in [4.69, 9.17) is 4.74 Å². The third-order valence-corrected chi connectivity index (χ3v) is 4.59. The average molecular weight is 338 g/mol. The second-order valence-corrected chi connectivity index (χ2v) is 6.49. The molecule has 0 aliphatic carbocycles. The van der Waals surface area contributed by atoms with Gasteiger partial charge in [0, 0.05) is 25.3 Å². The molecule has 3 rings (SSSR count). The second kappa shape index (κ2) is 8.56. The molecule has 1 saturated heterocycles. The molecular weight excluding hydrogens is 312 g/mol. The highest BCUT2D eigenvalue weighted by molar-refractivity contribution is 5.78. The van der Waals surface area contributed by atoms with Gasteiger partial charge in [-0.15, -0.1) is 0 Å². The van der Waals surface area contributed by atoms with E-state index in [1.165, 1.54) is 5.69 Å². The van der Waals surface area contributed by atoms with E-state index in [1.807, 2.05) is 37.3 Å². The number of hydrogen-bond acceptors (Lipinski definition) is 3. The van der Waals surface area contributed by atoms with Crippen LogP contribution in [0.15, 0.2) is 54.6 Å². The summed E-state index contributed by atoms with van der Waals surface area (Å²) in [5.74, 6) is 1.45. The molecule has 1 atom stereocenters. The number of hydrogen-bond donors (Lipinski definition) is 1. The van der Waals surface area contributed by atoms with E-state index in [0.29, 0.717) is 18.9 Å². The number of nitrogens with one attached hydrogen (secondary N) is 1. The van der Waals surface area contributed by atoms with Crippen molar-refractivity contribution in [2.75, 3.05) is 31.1 Å². The Kier molecular flexibility index (Phi) is 5.94. The Morgan fingerprint density at radius 2 is 1.92 bits per heavy atom. The molecule has 0 spiro atoms. The fourth-order valence-corrected chi connectivity index (χ4v) is 3.25. The predicted octanol–water partition coefficient (Wildman–Crippen LogP) is 3.27. The number of para-hydroxylation sites is 1. The molecule has 1 aliphatic rings. The lowest BCUT2D eigenvalue weighted by molar-refractivity contribution is -0.120. The van der Waals surface area contributed by atoms with Gasteiger partial charge in [0.1, 0.15) is 5.75 Å². The Balaban J connectivity index is 1.42. The molecule has 2 aromatic carbocycles. The first-order chi connectivity index (χ1) is 12.2. The van der Waals surface area contributed by atoms with Crippen molar-refractivity contribution in [1.29, 1.82) is 0 Å². The number of rotatable bonds is 7. The normalized spacial score (nSPS) is 16.7. The maximum atomic E-state index is 12.2. The van der Waals surface area contributed by atoms with Gasteiger partial charge in [-0.3, -0.25) is 4.79 Å². The number of carbonyl (C=O) groups is 1. The SMILES string of the molecule is CCOc1ccc(CC(=O)NCC2CCN(c3ccccc3)C2)cc1. The highest BCUT2D eigenvalue weighted by Gasteiger charge is 2.22. The average Bonchev–Trinajstić information content (AvgIpc) is 3.12. The van der Waals surface area contributed by atoms with Gasteiger partial charge in [-0.25, -0.2) is 0 Å². The van der Waals surface area contributed by atoms with Crippen LogP contribution >= 0.6 is 0 Å². The lowest BCUT2D eigenvalue weighted by atomic mass is 10.1. The molecule has 4 nitrogen and oxygen atoms in total. The van der Waals surface area contributed by atoms with Crippen LogP contribution in [0.2, 0.25) is 0 Å². The molecule has 0 aromatic heterocycles. The maximum Gasteiger partial charge on any atom is 0.224 e. The molecule has 0 bridgehead atoms. The summed E-state index contributed by atoms with van der Waals surface area (Å²) in [6.07, 6.45) is 1.54. The minimum atomic E-state index is 0.0855. The summed E-state index contributed by atoms with van der Waals surface area (Å²) in [6.45, 7) is 5.43. The minimum absolute atomic E-state index is 0.0855. The van der Waals surface area contributed by atoms with Crippen LogP contribution in [0.1, 0.15) is 18.9 Å². The van der Waals surface area contributed by atoms with Crippen molar-refractivity contribution >= 4 is 11.6 Å². The van der Waals surface area contributed by atoms with E-state index in [-0.39, 0.29) is 5.91 Å². The van der Waals surface area contributed by atoms with Gasteiger partial charge in [-0.1, -0.05) is 30.3 Å². The van der Waals surface area contributed by atoms with E-state index < -0.39 is 0 Å². The second-order valence-electron chi connectivity index (χ2n) is 6.49. The van der Waals surface area contributed by atoms with E-state index in [1.54, 1.807) is 0 Å². The summed E-state index contributed by atoms with van der Waals surface area (Å²) in [6, 6.07) is 18.2. The number of ether oxygens (including phenoxy) is 1. The highest BCUT2D eigenvalue weighted by atomic mass is 16.5. The molecule has 1 heterocycles. The Morgan fingerprint density at radius 1 is 1.16 bits per heavy atom. The van der Waals surface area contributed by atoms with Crippen molar-refractivity contribution in [3.05, 3.63) is 60.2 Å². The topological polar surface area (TPSA) is 41.6 Å². The van der Waals surface area contributed by atoms with Crippen LogP contribution in [-0.4, -0.2) is 32.1 Å². The third-order valence-electron chi connectivity index (χ3n) is 4.59. The first kappa shape index (κ1) is 17.3. The number of nitrogens with zero attached hydrogens (tertiary/aromatic N) is 1. The zero-order valence-corrected chi connectivity index (χ0v) is 14.8. The van der Waals surface area contributed by atoms with Gasteiger partial charge in [0.2, 0.25) is 5.91 Å². The van der Waals surface area contributed by atoms with Crippen LogP contribution in [0.5, 0.6) is 5.75 Å². The molecular formula is C21H26N2O2. The fraction of sp³-hybridized carbons (Fsp3) is 0.381. The van der Waals surface area contributed by atoms with Crippen molar-refractivity contribution in [2.45, 2.75) is 19.8 Å². The number of carbonyl (C=O) groups excluding carboxylic acids is 1. The van der Waals surface area contributed by atoms with Crippen LogP contribution in [0.4, 0.5) is 5.69 Å². The summed E-state index contributed by atoms with van der Waals surface area (Å²) < 4.78 is 5.42. The first-order valence-corrected chi connectivity index (χ1v) is 9.03. The Labute approximate surface area is 149 Å². The Hall–Kier alpha value is -2.49. The van der Waals surface area contributed by atoms with Gasteiger partial charge in [-0.2, -0.15) is 0 Å². The van der Waals surface area contributed by atoms with Crippen molar-refractivity contribution in [1.82, 2.24) is 5.32 Å². The quantitative estimate of drug-likeness (QED) is 0.842. The van der Waals surface area contributed by atoms with Crippen molar-refractivity contribution in [2.24, 2.45) is 5.92 Å². The van der Waals surface area contributed by atoms with Gasteiger partial charge >= 0.3 is 0 Å². The molecule has 1 amide bonds. The fourth-order valence-electron chi connectivity index (χ4n) is 3.25. The van der Waals surface area contributed by atoms with Crippen LogP contribution in [0.3, 0.4) is 0 Å². The monoisotopic (exact) mass is 338 g/mol. The van der Waals surface area contributed by atoms with Crippen LogP contribution in [0, 0.1) is 5.92 Å². The van der Waals surface area contributed by atoms with Gasteiger partial charge in [0.15, 0.2) is 0 Å². The molecule has 2 aromatic rings. The molecule has 25 heavy (non-hydrogen) atoms. The molecule has 4 heteroatoms. The first-order valence-electron chi connectivity index (χ1n) is 9.03. The summed E-state index contributed by atoms with van der Waals surface area (Å²) in [4.78, 5) is 14.6. The van der Waals surface area contributed by atoms with Gasteiger partial charge in [0.05, 0.1) is 13.0 Å². The van der Waals surface area contributed by atoms with Gasteiger partial charge in [0.25, 0.3) is 0 Å². The van der Waals surface area contributed by atoms with Gasteiger partial charge < -0.3 is 15.0 Å². The smallest absolute Gasteiger partial charge is 0.224 e. The molecule has 1 unspecified atom stereocenters. The molecule has 132 valence electrons. The maximum absolute atomic E-state index is 12.2. The molecule has 1 fully saturated rings. The number of amides is 1. The predicted molar refractivity (Wildman–Crippen MR) is 101 cm³/mol. The molecule has 1 N–H and O–H groups in total. The number of anilines is 1.